The van der Waals surface area contributed by atoms with Crippen molar-refractivity contribution in [2.24, 2.45) is 0 Å². The number of phosphoric acid groups is 1. The summed E-state index contributed by atoms with van der Waals surface area (Å²) < 4.78 is 56.7. The van der Waals surface area contributed by atoms with Crippen molar-refractivity contribution in [3.8, 4) is 0 Å². The molecular weight excluding hydrogens is 271 g/mol. The van der Waals surface area contributed by atoms with Gasteiger partial charge in [0.1, 0.15) is 20.2 Å². The van der Waals surface area contributed by atoms with E-state index in [2.05, 4.69) is 8.62 Å². The molecule has 2 heterocycles. The molecule has 0 aromatic rings. The summed E-state index contributed by atoms with van der Waals surface area (Å²) in [5, 5.41) is 0. The maximum atomic E-state index is 11.6. The number of fused-ring (bicyclic) bond motifs is 3. The van der Waals surface area contributed by atoms with Crippen molar-refractivity contribution < 1.29 is 35.9 Å². The first kappa shape index (κ1) is 11.9. The molecule has 2 aliphatic heterocycles. The van der Waals surface area contributed by atoms with E-state index in [9.17, 15) is 13.7 Å². The van der Waals surface area contributed by atoms with Crippen molar-refractivity contribution >= 4 is 24.3 Å². The van der Waals surface area contributed by atoms with Gasteiger partial charge in [0.25, 0.3) is 0 Å². The van der Waals surface area contributed by atoms with Crippen LogP contribution in [-0.4, -0.2) is 25.1 Å². The maximum absolute atomic E-state index is 11.6. The molecule has 2 bridgehead atoms. The largest absolute Gasteiger partial charge is 0.490 e. The van der Waals surface area contributed by atoms with Crippen molar-refractivity contribution in [1.29, 1.82) is 0 Å². The normalized spacial score (nSPS) is 47.6. The van der Waals surface area contributed by atoms with Gasteiger partial charge in [-0.3, -0.25) is 22.7 Å². The molecule has 12 heteroatoms. The Labute approximate surface area is 86.1 Å². The minimum absolute atomic E-state index is 0.0903. The zero-order valence-corrected chi connectivity index (χ0v) is 10.2. The van der Waals surface area contributed by atoms with Gasteiger partial charge in [0, 0.05) is 0 Å². The molecule has 0 saturated carbocycles. The van der Waals surface area contributed by atoms with Crippen LogP contribution in [0, 0.1) is 0 Å². The summed E-state index contributed by atoms with van der Waals surface area (Å²) in [6.07, 6.45) is 0. The molecule has 2 unspecified atom stereocenters. The summed E-state index contributed by atoms with van der Waals surface area (Å²) in [6.45, 7) is -0.332. The molecule has 0 aromatic carbocycles. The average molecular weight is 279 g/mol. The van der Waals surface area contributed by atoms with Crippen molar-refractivity contribution in [1.82, 2.24) is 4.90 Å². The van der Waals surface area contributed by atoms with E-state index in [-0.39, 0.29) is 20.2 Å². The van der Waals surface area contributed by atoms with Gasteiger partial charge in [0.2, 0.25) is 0 Å². The molecule has 0 N–H and O–H groups in total. The summed E-state index contributed by atoms with van der Waals surface area (Å²) in [5.41, 5.74) is 0. The van der Waals surface area contributed by atoms with Gasteiger partial charge in [-0.15, -0.1) is 0 Å². The van der Waals surface area contributed by atoms with Gasteiger partial charge in [0.05, 0.1) is 0 Å². The molecule has 88 valence electrons. The quantitative estimate of drug-likeness (QED) is 0.604. The first-order chi connectivity index (χ1) is 7.07. The van der Waals surface area contributed by atoms with E-state index in [0.29, 0.717) is 0 Å². The molecule has 0 radical (unpaired) electrons. The van der Waals surface area contributed by atoms with E-state index in [0.717, 1.165) is 0 Å². The SMILES string of the molecule is O=[PH]1OCN2CO[PH](=O)OP(=O)(OC2)O1. The second kappa shape index (κ2) is 4.75. The summed E-state index contributed by atoms with van der Waals surface area (Å²) >= 11 is 0. The molecule has 0 spiro atoms. The lowest BCUT2D eigenvalue weighted by Crippen LogP contribution is -2.31. The number of hydrogen-bond acceptors (Lipinski definition) is 9. The fraction of sp³-hybridized carbons (Fsp3) is 1.00. The Hall–Kier alpha value is 0.450. The Morgan fingerprint density at radius 2 is 1.53 bits per heavy atom. The molecule has 2 aliphatic rings. The smallest absolute Gasteiger partial charge is 0.294 e. The van der Waals surface area contributed by atoms with Gasteiger partial charge < -0.3 is 0 Å². The van der Waals surface area contributed by atoms with Crippen LogP contribution in [0.4, 0.5) is 0 Å². The highest BCUT2D eigenvalue weighted by Crippen LogP contribution is 2.63. The van der Waals surface area contributed by atoms with Crippen molar-refractivity contribution in [2.45, 2.75) is 0 Å². The second-order valence-electron chi connectivity index (χ2n) is 2.61. The van der Waals surface area contributed by atoms with E-state index in [1.54, 1.807) is 0 Å². The molecule has 2 fully saturated rings. The Morgan fingerprint density at radius 3 is 2.07 bits per heavy atom. The van der Waals surface area contributed by atoms with Gasteiger partial charge in [-0.25, -0.2) is 18.1 Å². The maximum Gasteiger partial charge on any atom is 0.490 e. The molecule has 0 amide bonds. The molecule has 2 atom stereocenters. The van der Waals surface area contributed by atoms with Crippen LogP contribution in [-0.2, 0) is 35.9 Å². The van der Waals surface area contributed by atoms with E-state index < -0.39 is 24.3 Å². The summed E-state index contributed by atoms with van der Waals surface area (Å²) in [4.78, 5) is 1.36. The topological polar surface area (TPSA) is 101 Å². The van der Waals surface area contributed by atoms with Crippen LogP contribution in [0.25, 0.3) is 0 Å². The van der Waals surface area contributed by atoms with Gasteiger partial charge >= 0.3 is 24.3 Å². The van der Waals surface area contributed by atoms with E-state index in [4.69, 9.17) is 13.6 Å². The monoisotopic (exact) mass is 279 g/mol. The summed E-state index contributed by atoms with van der Waals surface area (Å²) in [6, 6.07) is 0. The van der Waals surface area contributed by atoms with Gasteiger partial charge in [-0.05, 0) is 0 Å². The fourth-order valence-electron chi connectivity index (χ4n) is 0.859. The van der Waals surface area contributed by atoms with Gasteiger partial charge in [-0.2, -0.15) is 0 Å². The Balaban J connectivity index is 2.23. The highest BCUT2D eigenvalue weighted by atomic mass is 31.3. The van der Waals surface area contributed by atoms with Crippen LogP contribution in [0.15, 0.2) is 0 Å². The van der Waals surface area contributed by atoms with E-state index >= 15 is 0 Å². The molecule has 2 rings (SSSR count). The highest BCUT2D eigenvalue weighted by Gasteiger charge is 2.37. The number of nitrogens with zero attached hydrogens (tertiary/aromatic N) is 1. The summed E-state index contributed by atoms with van der Waals surface area (Å²) in [7, 11) is -10.1. The van der Waals surface area contributed by atoms with Crippen molar-refractivity contribution in [3.05, 3.63) is 0 Å². The van der Waals surface area contributed by atoms with E-state index in [1.165, 1.54) is 4.90 Å². The zero-order valence-electron chi connectivity index (χ0n) is 7.28. The minimum Gasteiger partial charge on any atom is -0.294 e. The third kappa shape index (κ3) is 3.20. The molecular formula is C3H8NO8P3. The lowest BCUT2D eigenvalue weighted by molar-refractivity contribution is -0.0295. The van der Waals surface area contributed by atoms with Gasteiger partial charge in [-0.1, -0.05) is 0 Å². The highest BCUT2D eigenvalue weighted by molar-refractivity contribution is 7.61. The number of rotatable bonds is 0. The first-order valence-corrected chi connectivity index (χ1v) is 7.68. The lowest BCUT2D eigenvalue weighted by Gasteiger charge is -2.29. The first-order valence-electron chi connectivity index (χ1n) is 3.77. The van der Waals surface area contributed by atoms with Crippen LogP contribution >= 0.6 is 24.3 Å². The van der Waals surface area contributed by atoms with Gasteiger partial charge in [0.15, 0.2) is 0 Å². The predicted molar refractivity (Wildman–Crippen MR) is 47.5 cm³/mol. The molecule has 2 saturated heterocycles. The van der Waals surface area contributed by atoms with Crippen molar-refractivity contribution in [3.63, 3.8) is 0 Å². The lowest BCUT2D eigenvalue weighted by atomic mass is 10.9. The predicted octanol–water partition coefficient (Wildman–Crippen LogP) is 1.16. The van der Waals surface area contributed by atoms with E-state index in [1.807, 2.05) is 0 Å². The Bertz CT molecular complexity index is 318. The molecule has 15 heavy (non-hydrogen) atoms. The molecule has 0 aromatic heterocycles. The number of hydrogen-bond donors (Lipinski definition) is 0. The zero-order chi connectivity index (χ0) is 10.9. The third-order valence-electron chi connectivity index (χ3n) is 1.50. The fourth-order valence-corrected chi connectivity index (χ4v) is 4.53. The molecule has 0 aliphatic carbocycles. The standard InChI is InChI=1S/C3H8NO8P3/c5-13-8-1-4-2-9-14(6)12-15(7,11-13)10-3-4/h13-14H,1-3H2. The molecule has 9 nitrogen and oxygen atoms in total. The van der Waals surface area contributed by atoms with Crippen LogP contribution in [0.5, 0.6) is 0 Å². The van der Waals surface area contributed by atoms with Crippen LogP contribution < -0.4 is 0 Å². The van der Waals surface area contributed by atoms with Crippen molar-refractivity contribution in [2.75, 3.05) is 20.2 Å². The summed E-state index contributed by atoms with van der Waals surface area (Å²) in [5.74, 6) is 0. The second-order valence-corrected chi connectivity index (χ2v) is 6.80. The minimum atomic E-state index is -4.11. The Morgan fingerprint density at radius 1 is 1.00 bits per heavy atom. The van der Waals surface area contributed by atoms with Crippen LogP contribution in [0.3, 0.4) is 0 Å². The van der Waals surface area contributed by atoms with Crippen LogP contribution in [0.2, 0.25) is 0 Å². The van der Waals surface area contributed by atoms with Crippen LogP contribution in [0.1, 0.15) is 0 Å². The average Bonchev–Trinajstić information content (AvgIpc) is 2.12. The Kier molecular flexibility index (Phi) is 3.78. The third-order valence-corrected chi connectivity index (χ3v) is 5.64.